The molecule has 0 aliphatic carbocycles. The predicted octanol–water partition coefficient (Wildman–Crippen LogP) is 3.57. The van der Waals surface area contributed by atoms with E-state index >= 15 is 0 Å². The predicted molar refractivity (Wildman–Crippen MR) is 96.4 cm³/mol. The molecule has 3 aromatic heterocycles. The highest BCUT2D eigenvalue weighted by Gasteiger charge is 2.23. The number of fused-ring (bicyclic) bond motifs is 1. The SMILES string of the molecule is Cc1nnc(NC(c2cnn(C)c2)c2c(C)[nH]c3ccccc23)s1. The van der Waals surface area contributed by atoms with E-state index in [0.29, 0.717) is 0 Å². The summed E-state index contributed by atoms with van der Waals surface area (Å²) >= 11 is 1.56. The third-order valence-corrected chi connectivity index (χ3v) is 4.85. The van der Waals surface area contributed by atoms with Crippen LogP contribution in [0.5, 0.6) is 0 Å². The summed E-state index contributed by atoms with van der Waals surface area (Å²) in [4.78, 5) is 3.48. The fourth-order valence-electron chi connectivity index (χ4n) is 3.06. The molecule has 3 heterocycles. The van der Waals surface area contributed by atoms with Gasteiger partial charge in [0.25, 0.3) is 0 Å². The molecule has 122 valence electrons. The highest BCUT2D eigenvalue weighted by Crippen LogP contribution is 2.34. The van der Waals surface area contributed by atoms with Crippen LogP contribution >= 0.6 is 11.3 Å². The minimum Gasteiger partial charge on any atom is -0.358 e. The number of anilines is 1. The van der Waals surface area contributed by atoms with Gasteiger partial charge in [0, 0.05) is 41.0 Å². The average Bonchev–Trinajstić information content (AvgIpc) is 3.24. The molecule has 4 aromatic rings. The third kappa shape index (κ3) is 2.56. The van der Waals surface area contributed by atoms with Crippen LogP contribution in [0.15, 0.2) is 36.7 Å². The number of hydrogen-bond donors (Lipinski definition) is 2. The van der Waals surface area contributed by atoms with Gasteiger partial charge in [0.05, 0.1) is 12.2 Å². The Morgan fingerprint density at radius 1 is 1.21 bits per heavy atom. The number of hydrogen-bond acceptors (Lipinski definition) is 5. The van der Waals surface area contributed by atoms with E-state index in [1.54, 1.807) is 11.3 Å². The van der Waals surface area contributed by atoms with Gasteiger partial charge >= 0.3 is 0 Å². The van der Waals surface area contributed by atoms with Crippen LogP contribution in [-0.4, -0.2) is 25.0 Å². The molecule has 0 bridgehead atoms. The molecule has 0 fully saturated rings. The van der Waals surface area contributed by atoms with Gasteiger partial charge in [-0.1, -0.05) is 29.5 Å². The van der Waals surface area contributed by atoms with Crippen LogP contribution in [0.4, 0.5) is 5.13 Å². The number of aromatic nitrogens is 5. The van der Waals surface area contributed by atoms with E-state index in [1.807, 2.05) is 37.1 Å². The summed E-state index contributed by atoms with van der Waals surface area (Å²) in [5.41, 5.74) is 4.58. The maximum absolute atomic E-state index is 4.34. The molecule has 0 radical (unpaired) electrons. The Hall–Kier alpha value is -2.67. The lowest BCUT2D eigenvalue weighted by Gasteiger charge is -2.17. The van der Waals surface area contributed by atoms with Crippen LogP contribution in [0.2, 0.25) is 0 Å². The lowest BCUT2D eigenvalue weighted by Crippen LogP contribution is -2.12. The molecule has 0 aliphatic heterocycles. The van der Waals surface area contributed by atoms with Crippen LogP contribution in [-0.2, 0) is 7.05 Å². The molecule has 4 rings (SSSR count). The van der Waals surface area contributed by atoms with Crippen LogP contribution in [0.25, 0.3) is 10.9 Å². The maximum atomic E-state index is 4.34. The molecule has 1 atom stereocenters. The monoisotopic (exact) mass is 338 g/mol. The smallest absolute Gasteiger partial charge is 0.206 e. The van der Waals surface area contributed by atoms with E-state index in [0.717, 1.165) is 26.9 Å². The zero-order valence-corrected chi connectivity index (χ0v) is 14.6. The molecule has 2 N–H and O–H groups in total. The van der Waals surface area contributed by atoms with Gasteiger partial charge in [-0.2, -0.15) is 5.10 Å². The van der Waals surface area contributed by atoms with E-state index in [2.05, 4.69) is 50.7 Å². The molecular formula is C17H18N6S. The van der Waals surface area contributed by atoms with Crippen molar-refractivity contribution in [3.05, 3.63) is 58.5 Å². The van der Waals surface area contributed by atoms with Crippen LogP contribution in [0, 0.1) is 13.8 Å². The van der Waals surface area contributed by atoms with Gasteiger partial charge in [-0.25, -0.2) is 0 Å². The average molecular weight is 338 g/mol. The normalized spacial score (nSPS) is 12.6. The van der Waals surface area contributed by atoms with Crippen molar-refractivity contribution in [2.45, 2.75) is 19.9 Å². The lowest BCUT2D eigenvalue weighted by atomic mass is 9.98. The fourth-order valence-corrected chi connectivity index (χ4v) is 3.68. The van der Waals surface area contributed by atoms with Gasteiger partial charge < -0.3 is 10.3 Å². The first-order valence-corrected chi connectivity index (χ1v) is 8.56. The first-order valence-electron chi connectivity index (χ1n) is 7.74. The van der Waals surface area contributed by atoms with Gasteiger partial charge in [0.15, 0.2) is 0 Å². The Kier molecular flexibility index (Phi) is 3.57. The Labute approximate surface area is 143 Å². The molecule has 24 heavy (non-hydrogen) atoms. The van der Waals surface area contributed by atoms with Crippen molar-refractivity contribution < 1.29 is 0 Å². The molecule has 0 spiro atoms. The van der Waals surface area contributed by atoms with Crippen LogP contribution < -0.4 is 5.32 Å². The van der Waals surface area contributed by atoms with Gasteiger partial charge in [-0.15, -0.1) is 10.2 Å². The number of nitrogens with zero attached hydrogens (tertiary/aromatic N) is 4. The molecule has 7 heteroatoms. The number of aryl methyl sites for hydroxylation is 3. The zero-order chi connectivity index (χ0) is 16.7. The maximum Gasteiger partial charge on any atom is 0.206 e. The Morgan fingerprint density at radius 3 is 2.75 bits per heavy atom. The van der Waals surface area contributed by atoms with Crippen LogP contribution in [0.3, 0.4) is 0 Å². The van der Waals surface area contributed by atoms with Crippen molar-refractivity contribution in [3.8, 4) is 0 Å². The Bertz CT molecular complexity index is 996. The lowest BCUT2D eigenvalue weighted by molar-refractivity contribution is 0.766. The molecule has 0 aliphatic rings. The van der Waals surface area contributed by atoms with Crippen molar-refractivity contribution in [2.24, 2.45) is 7.05 Å². The number of aromatic amines is 1. The first kappa shape index (κ1) is 14.9. The number of rotatable bonds is 4. The summed E-state index contributed by atoms with van der Waals surface area (Å²) in [5, 5.41) is 19.2. The second kappa shape index (κ2) is 5.76. The van der Waals surface area contributed by atoms with Crippen LogP contribution in [0.1, 0.15) is 27.9 Å². The fraction of sp³-hybridized carbons (Fsp3) is 0.235. The van der Waals surface area contributed by atoms with Gasteiger partial charge in [0.2, 0.25) is 5.13 Å². The van der Waals surface area contributed by atoms with E-state index in [9.17, 15) is 0 Å². The quantitative estimate of drug-likeness (QED) is 0.597. The minimum atomic E-state index is -0.0396. The summed E-state index contributed by atoms with van der Waals surface area (Å²) in [7, 11) is 1.93. The number of benzene rings is 1. The number of nitrogens with one attached hydrogen (secondary N) is 2. The molecule has 0 saturated carbocycles. The van der Waals surface area contributed by atoms with Crippen molar-refractivity contribution >= 4 is 27.4 Å². The zero-order valence-electron chi connectivity index (χ0n) is 13.7. The van der Waals surface area contributed by atoms with E-state index in [4.69, 9.17) is 0 Å². The van der Waals surface area contributed by atoms with Crippen molar-refractivity contribution in [1.82, 2.24) is 25.0 Å². The minimum absolute atomic E-state index is 0.0396. The molecule has 0 amide bonds. The molecule has 1 aromatic carbocycles. The highest BCUT2D eigenvalue weighted by atomic mass is 32.1. The van der Waals surface area contributed by atoms with Gasteiger partial charge in [-0.05, 0) is 19.9 Å². The topological polar surface area (TPSA) is 71.4 Å². The third-order valence-electron chi connectivity index (χ3n) is 4.08. The first-order chi connectivity index (χ1) is 11.6. The molecule has 0 saturated heterocycles. The Morgan fingerprint density at radius 2 is 2.04 bits per heavy atom. The summed E-state index contributed by atoms with van der Waals surface area (Å²) in [5.74, 6) is 0. The second-order valence-electron chi connectivity index (χ2n) is 5.86. The summed E-state index contributed by atoms with van der Waals surface area (Å²) in [6, 6.07) is 8.31. The second-order valence-corrected chi connectivity index (χ2v) is 7.04. The van der Waals surface area contributed by atoms with Gasteiger partial charge in [0.1, 0.15) is 5.01 Å². The number of para-hydroxylation sites is 1. The largest absolute Gasteiger partial charge is 0.358 e. The highest BCUT2D eigenvalue weighted by molar-refractivity contribution is 7.15. The molecule has 1 unspecified atom stereocenters. The van der Waals surface area contributed by atoms with Gasteiger partial charge in [-0.3, -0.25) is 4.68 Å². The summed E-state index contributed by atoms with van der Waals surface area (Å²) in [6.45, 7) is 4.06. The molecular weight excluding hydrogens is 320 g/mol. The standard InChI is InChI=1S/C17H18N6S/c1-10-15(13-6-4-5-7-14(13)19-10)16(12-8-18-23(3)9-12)20-17-22-21-11(2)24-17/h4-9,16,19H,1-3H3,(H,20,22). The van der Waals surface area contributed by atoms with E-state index in [-0.39, 0.29) is 6.04 Å². The summed E-state index contributed by atoms with van der Waals surface area (Å²) in [6.07, 6.45) is 3.93. The van der Waals surface area contributed by atoms with E-state index in [1.165, 1.54) is 10.9 Å². The van der Waals surface area contributed by atoms with Crippen molar-refractivity contribution in [1.29, 1.82) is 0 Å². The number of H-pyrrole nitrogens is 1. The van der Waals surface area contributed by atoms with Crippen molar-refractivity contribution in [2.75, 3.05) is 5.32 Å². The molecule has 6 nitrogen and oxygen atoms in total. The summed E-state index contributed by atoms with van der Waals surface area (Å²) < 4.78 is 1.82. The Balaban J connectivity index is 1.86. The van der Waals surface area contributed by atoms with E-state index < -0.39 is 0 Å². The van der Waals surface area contributed by atoms with Crippen molar-refractivity contribution in [3.63, 3.8) is 0 Å².